The van der Waals surface area contributed by atoms with Gasteiger partial charge in [0.2, 0.25) is 0 Å². The van der Waals surface area contributed by atoms with E-state index in [1.54, 1.807) is 24.1 Å². The van der Waals surface area contributed by atoms with E-state index >= 15 is 0 Å². The second-order valence-corrected chi connectivity index (χ2v) is 9.26. The number of methoxy groups -OCH3 is 1. The number of amides is 3. The van der Waals surface area contributed by atoms with Crippen molar-refractivity contribution in [3.63, 3.8) is 0 Å². The van der Waals surface area contributed by atoms with E-state index in [1.165, 1.54) is 0 Å². The van der Waals surface area contributed by atoms with Gasteiger partial charge >= 0.3 is 6.03 Å². The predicted molar refractivity (Wildman–Crippen MR) is 139 cm³/mol. The van der Waals surface area contributed by atoms with E-state index in [4.69, 9.17) is 15.2 Å². The number of aliphatic hydroxyl groups is 1. The van der Waals surface area contributed by atoms with Crippen molar-refractivity contribution in [2.45, 2.75) is 51.7 Å². The number of urea groups is 1. The number of aliphatic hydroxyl groups excluding tert-OH is 1. The van der Waals surface area contributed by atoms with Gasteiger partial charge in [-0.25, -0.2) is 4.79 Å². The third kappa shape index (κ3) is 10.6. The monoisotopic (exact) mass is 514 g/mol. The van der Waals surface area contributed by atoms with Crippen LogP contribution in [0.2, 0.25) is 0 Å². The summed E-state index contributed by atoms with van der Waals surface area (Å²) in [6.07, 6.45) is 2.31. The molecule has 1 aliphatic rings. The summed E-state index contributed by atoms with van der Waals surface area (Å²) in [5.74, 6) is 0.692. The molecule has 0 spiro atoms. The number of hydrogen-bond acceptors (Lipinski definition) is 6. The number of carbonyl (C=O) groups excluding carboxylic acids is 2. The molecule has 1 heterocycles. The SMILES string of the molecule is COCCCCOc1ccccc1C(=O)NC[C@@H](C[C@H](N)[C@@H](O)CN1CCCNC1=O)C(C)C.Cl. The van der Waals surface area contributed by atoms with E-state index in [0.29, 0.717) is 50.6 Å². The maximum atomic E-state index is 12.9. The van der Waals surface area contributed by atoms with Crippen LogP contribution in [-0.2, 0) is 4.74 Å². The first-order valence-corrected chi connectivity index (χ1v) is 12.3. The number of halogens is 1. The fourth-order valence-corrected chi connectivity index (χ4v) is 3.94. The normalized spacial score (nSPS) is 16.2. The van der Waals surface area contributed by atoms with Gasteiger partial charge in [0.25, 0.3) is 5.91 Å². The Labute approximate surface area is 215 Å². The first-order valence-electron chi connectivity index (χ1n) is 12.3. The van der Waals surface area contributed by atoms with E-state index in [-0.39, 0.29) is 42.7 Å². The van der Waals surface area contributed by atoms with Crippen molar-refractivity contribution >= 4 is 24.3 Å². The van der Waals surface area contributed by atoms with Gasteiger partial charge in [0.05, 0.1) is 18.3 Å². The van der Waals surface area contributed by atoms with Crippen LogP contribution in [0, 0.1) is 11.8 Å². The standard InChI is InChI=1S/C25H42N4O5.ClH/c1-18(2)19(15-21(26)22(30)17-29-12-8-11-27-25(29)32)16-28-24(31)20-9-4-5-10-23(20)34-14-7-6-13-33-3;/h4-5,9-10,18-19,21-22,30H,6-8,11-17,26H2,1-3H3,(H,27,32)(H,28,31);1H/t19-,21+,22+;/m1./s1. The van der Waals surface area contributed by atoms with Crippen LogP contribution in [0.25, 0.3) is 0 Å². The minimum absolute atomic E-state index is 0. The molecule has 1 aromatic carbocycles. The molecule has 3 amide bonds. The molecule has 1 saturated heterocycles. The Bertz CT molecular complexity index is 767. The van der Waals surface area contributed by atoms with E-state index in [0.717, 1.165) is 19.3 Å². The summed E-state index contributed by atoms with van der Waals surface area (Å²) in [5, 5.41) is 16.4. The number of hydrogen-bond donors (Lipinski definition) is 4. The summed E-state index contributed by atoms with van der Waals surface area (Å²) in [7, 11) is 1.67. The fraction of sp³-hybridized carbons (Fsp3) is 0.680. The maximum absolute atomic E-state index is 12.9. The van der Waals surface area contributed by atoms with Crippen molar-refractivity contribution in [3.8, 4) is 5.75 Å². The van der Waals surface area contributed by atoms with Crippen LogP contribution >= 0.6 is 12.4 Å². The number of rotatable bonds is 15. The number of nitrogens with zero attached hydrogens (tertiary/aromatic N) is 1. The summed E-state index contributed by atoms with van der Waals surface area (Å²) in [6.45, 7) is 7.27. The van der Waals surface area contributed by atoms with Gasteiger partial charge in [-0.2, -0.15) is 0 Å². The smallest absolute Gasteiger partial charge is 0.317 e. The van der Waals surface area contributed by atoms with Gasteiger partial charge in [0.15, 0.2) is 0 Å². The minimum Gasteiger partial charge on any atom is -0.493 e. The Balaban J connectivity index is 0.00000612. The van der Waals surface area contributed by atoms with Gasteiger partial charge in [-0.1, -0.05) is 26.0 Å². The highest BCUT2D eigenvalue weighted by molar-refractivity contribution is 5.96. The Kier molecular flexibility index (Phi) is 14.7. The molecule has 0 bridgehead atoms. The van der Waals surface area contributed by atoms with Crippen molar-refractivity contribution in [1.29, 1.82) is 0 Å². The molecule has 3 atom stereocenters. The molecule has 2 rings (SSSR count). The topological polar surface area (TPSA) is 126 Å². The lowest BCUT2D eigenvalue weighted by Crippen LogP contribution is -2.52. The van der Waals surface area contributed by atoms with Crippen molar-refractivity contribution in [3.05, 3.63) is 29.8 Å². The third-order valence-electron chi connectivity index (χ3n) is 6.24. The average molecular weight is 515 g/mol. The second kappa shape index (κ2) is 16.6. The van der Waals surface area contributed by atoms with E-state index in [9.17, 15) is 14.7 Å². The minimum atomic E-state index is -0.826. The zero-order chi connectivity index (χ0) is 24.9. The Morgan fingerprint density at radius 2 is 1.97 bits per heavy atom. The number of para-hydroxylation sites is 1. The van der Waals surface area contributed by atoms with Crippen LogP contribution < -0.4 is 21.1 Å². The lowest BCUT2D eigenvalue weighted by Gasteiger charge is -2.32. The Hall–Kier alpha value is -2.07. The van der Waals surface area contributed by atoms with Crippen molar-refractivity contribution in [1.82, 2.24) is 15.5 Å². The molecular weight excluding hydrogens is 472 g/mol. The van der Waals surface area contributed by atoms with Crippen molar-refractivity contribution in [2.24, 2.45) is 17.6 Å². The molecule has 35 heavy (non-hydrogen) atoms. The van der Waals surface area contributed by atoms with Crippen LogP contribution in [0.5, 0.6) is 5.75 Å². The number of nitrogens with one attached hydrogen (secondary N) is 2. The van der Waals surface area contributed by atoms with E-state index in [1.807, 2.05) is 12.1 Å². The zero-order valence-corrected chi connectivity index (χ0v) is 22.0. The van der Waals surface area contributed by atoms with Crippen molar-refractivity contribution in [2.75, 3.05) is 46.5 Å². The number of carbonyl (C=O) groups is 2. The molecule has 1 aliphatic heterocycles. The maximum Gasteiger partial charge on any atom is 0.317 e. The molecule has 0 saturated carbocycles. The lowest BCUT2D eigenvalue weighted by atomic mass is 9.87. The average Bonchev–Trinajstić information content (AvgIpc) is 2.82. The highest BCUT2D eigenvalue weighted by Crippen LogP contribution is 2.21. The van der Waals surface area contributed by atoms with Crippen LogP contribution in [0.1, 0.15) is 49.9 Å². The number of unbranched alkanes of at least 4 members (excludes halogenated alkanes) is 1. The Morgan fingerprint density at radius 3 is 2.66 bits per heavy atom. The van der Waals surface area contributed by atoms with Gasteiger partial charge in [0, 0.05) is 45.9 Å². The first kappa shape index (κ1) is 31.0. The summed E-state index contributed by atoms with van der Waals surface area (Å²) < 4.78 is 10.9. The first-order chi connectivity index (χ1) is 16.3. The molecule has 0 aliphatic carbocycles. The van der Waals surface area contributed by atoms with Gasteiger partial charge in [-0.3, -0.25) is 4.79 Å². The molecule has 0 unspecified atom stereocenters. The Morgan fingerprint density at radius 1 is 1.26 bits per heavy atom. The molecular formula is C25H43ClN4O5. The van der Waals surface area contributed by atoms with Crippen LogP contribution in [0.3, 0.4) is 0 Å². The van der Waals surface area contributed by atoms with Gasteiger partial charge < -0.3 is 35.8 Å². The fourth-order valence-electron chi connectivity index (χ4n) is 3.94. The molecule has 10 heteroatoms. The predicted octanol–water partition coefficient (Wildman–Crippen LogP) is 2.41. The summed E-state index contributed by atoms with van der Waals surface area (Å²) in [4.78, 5) is 26.4. The molecule has 9 nitrogen and oxygen atoms in total. The molecule has 5 N–H and O–H groups in total. The van der Waals surface area contributed by atoms with Crippen LogP contribution in [0.4, 0.5) is 4.79 Å². The second-order valence-electron chi connectivity index (χ2n) is 9.26. The molecule has 200 valence electrons. The van der Waals surface area contributed by atoms with Gasteiger partial charge in [0.1, 0.15) is 5.75 Å². The summed E-state index contributed by atoms with van der Waals surface area (Å²) >= 11 is 0. The van der Waals surface area contributed by atoms with E-state index in [2.05, 4.69) is 24.5 Å². The summed E-state index contributed by atoms with van der Waals surface area (Å²) in [5.41, 5.74) is 6.80. The largest absolute Gasteiger partial charge is 0.493 e. The molecule has 1 aromatic rings. The highest BCUT2D eigenvalue weighted by Gasteiger charge is 2.27. The van der Waals surface area contributed by atoms with Crippen molar-refractivity contribution < 1.29 is 24.2 Å². The van der Waals surface area contributed by atoms with Crippen LogP contribution in [-0.4, -0.2) is 80.6 Å². The van der Waals surface area contributed by atoms with Crippen LogP contribution in [0.15, 0.2) is 24.3 Å². The lowest BCUT2D eigenvalue weighted by molar-refractivity contribution is 0.0827. The molecule has 1 fully saturated rings. The molecule has 0 aromatic heterocycles. The van der Waals surface area contributed by atoms with Gasteiger partial charge in [-0.15, -0.1) is 12.4 Å². The highest BCUT2D eigenvalue weighted by atomic mass is 35.5. The summed E-state index contributed by atoms with van der Waals surface area (Å²) in [6, 6.07) is 6.56. The van der Waals surface area contributed by atoms with Gasteiger partial charge in [-0.05, 0) is 49.7 Å². The zero-order valence-electron chi connectivity index (χ0n) is 21.2. The number of benzene rings is 1. The number of ether oxygens (including phenoxy) is 2. The van der Waals surface area contributed by atoms with E-state index < -0.39 is 12.1 Å². The molecule has 0 radical (unpaired) electrons. The number of β-amino-alcohol motifs (C(OH)–C–C–N with tert-alkyl or cyclic N) is 1. The number of nitrogens with two attached hydrogens (primary N) is 1. The quantitative estimate of drug-likeness (QED) is 0.266. The third-order valence-corrected chi connectivity index (χ3v) is 6.24.